The number of hydrogen-bond donors (Lipinski definition) is 0. The van der Waals surface area contributed by atoms with Gasteiger partial charge in [0.05, 0.1) is 7.11 Å². The van der Waals surface area contributed by atoms with Crippen LogP contribution in [0.15, 0.2) is 18.2 Å². The summed E-state index contributed by atoms with van der Waals surface area (Å²) in [5, 5.41) is 0. The van der Waals surface area contributed by atoms with E-state index >= 15 is 0 Å². The maximum absolute atomic E-state index is 11.2. The Morgan fingerprint density at radius 1 is 1.57 bits per heavy atom. The van der Waals surface area contributed by atoms with Crippen LogP contribution >= 0.6 is 0 Å². The first-order valence-corrected chi connectivity index (χ1v) is 4.12. The predicted molar refractivity (Wildman–Crippen MR) is 46.9 cm³/mol. The second-order valence-electron chi connectivity index (χ2n) is 3.00. The average molecular weight is 262 g/mol. The van der Waals surface area contributed by atoms with Crippen molar-refractivity contribution in [1.82, 2.24) is 4.90 Å². The fourth-order valence-corrected chi connectivity index (χ4v) is 1.51. The molecule has 1 heterocycles. The third-order valence-corrected chi connectivity index (χ3v) is 2.18. The Bertz CT molecular complexity index is 316. The maximum atomic E-state index is 11.2. The Kier molecular flexibility index (Phi) is 4.77. The largest absolute Gasteiger partial charge is 1.00 e. The van der Waals surface area contributed by atoms with Gasteiger partial charge in [-0.3, -0.25) is 0 Å². The average Bonchev–Trinajstić information content (AvgIpc) is 2.59. The van der Waals surface area contributed by atoms with Crippen LogP contribution in [0, 0.1) is 6.07 Å². The quantitative estimate of drug-likeness (QED) is 0.536. The molecule has 0 aromatic heterocycles. The van der Waals surface area contributed by atoms with E-state index in [1.165, 1.54) is 7.11 Å². The smallest absolute Gasteiger partial charge is 0.453 e. The van der Waals surface area contributed by atoms with E-state index < -0.39 is 0 Å². The number of methoxy groups -OCH3 is 1. The van der Waals surface area contributed by atoms with E-state index in [1.807, 2.05) is 18.2 Å². The summed E-state index contributed by atoms with van der Waals surface area (Å²) in [5.41, 5.74) is 2.25. The number of nitrogens with zero attached hydrogens (tertiary/aromatic N) is 1. The summed E-state index contributed by atoms with van der Waals surface area (Å²) in [6.07, 6.45) is -0.274. The minimum Gasteiger partial charge on any atom is -0.453 e. The summed E-state index contributed by atoms with van der Waals surface area (Å²) >= 11 is 0. The Hall–Kier alpha value is 0.295. The van der Waals surface area contributed by atoms with E-state index in [0.717, 1.165) is 11.1 Å². The van der Waals surface area contributed by atoms with E-state index in [2.05, 4.69) is 10.8 Å². The van der Waals surface area contributed by atoms with Crippen molar-refractivity contribution in [1.29, 1.82) is 0 Å². The maximum Gasteiger partial charge on any atom is 1.00 e. The summed E-state index contributed by atoms with van der Waals surface area (Å²) in [4.78, 5) is 12.8. The van der Waals surface area contributed by atoms with E-state index in [9.17, 15) is 4.79 Å². The van der Waals surface area contributed by atoms with Gasteiger partial charge < -0.3 is 9.64 Å². The molecule has 0 bridgehead atoms. The summed E-state index contributed by atoms with van der Waals surface area (Å²) in [6.45, 7) is 1.25. The molecule has 0 unspecified atom stereocenters. The van der Waals surface area contributed by atoms with Crippen molar-refractivity contribution in [3.05, 3.63) is 35.4 Å². The second kappa shape index (κ2) is 5.40. The van der Waals surface area contributed by atoms with Crippen LogP contribution in [-0.4, -0.2) is 18.1 Å². The van der Waals surface area contributed by atoms with Gasteiger partial charge in [-0.05, 0) is 0 Å². The molecule has 0 fully saturated rings. The van der Waals surface area contributed by atoms with Gasteiger partial charge in [0.25, 0.3) is 0 Å². The van der Waals surface area contributed by atoms with Crippen molar-refractivity contribution in [3.63, 3.8) is 0 Å². The van der Waals surface area contributed by atoms with E-state index in [4.69, 9.17) is 0 Å². The first-order chi connectivity index (χ1) is 6.31. The normalized spacial score (nSPS) is 13.1. The summed E-state index contributed by atoms with van der Waals surface area (Å²) in [7, 11) is 1.40. The molecule has 1 aliphatic rings. The Labute approximate surface area is 132 Å². The topological polar surface area (TPSA) is 29.5 Å². The summed E-state index contributed by atoms with van der Waals surface area (Å²) < 4.78 is 4.64. The van der Waals surface area contributed by atoms with Crippen molar-refractivity contribution >= 4 is 6.09 Å². The van der Waals surface area contributed by atoms with Crippen molar-refractivity contribution in [3.8, 4) is 0 Å². The zero-order valence-electron chi connectivity index (χ0n) is 8.41. The zero-order valence-corrected chi connectivity index (χ0v) is 13.3. The van der Waals surface area contributed by atoms with E-state index in [0.29, 0.717) is 13.1 Å². The number of ether oxygens (including phenoxy) is 1. The van der Waals surface area contributed by atoms with Crippen LogP contribution in [0.25, 0.3) is 0 Å². The monoisotopic (exact) mass is 261 g/mol. The fraction of sp³-hybridized carbons (Fsp3) is 0.300. The van der Waals surface area contributed by atoms with Crippen LogP contribution in [0.2, 0.25) is 0 Å². The molecule has 0 aliphatic carbocycles. The van der Waals surface area contributed by atoms with Gasteiger partial charge in [-0.2, -0.15) is 24.3 Å². The van der Waals surface area contributed by atoms with Crippen LogP contribution < -0.4 is 58.2 Å². The van der Waals surface area contributed by atoms with Crippen molar-refractivity contribution in [2.45, 2.75) is 13.1 Å². The third-order valence-electron chi connectivity index (χ3n) is 2.18. The molecule has 1 aromatic carbocycles. The van der Waals surface area contributed by atoms with Crippen LogP contribution in [0.5, 0.6) is 0 Å². The van der Waals surface area contributed by atoms with Gasteiger partial charge in [-0.15, -0.1) is 11.1 Å². The Morgan fingerprint density at radius 2 is 2.36 bits per heavy atom. The molecule has 1 aromatic rings. The van der Waals surface area contributed by atoms with Crippen molar-refractivity contribution in [2.75, 3.05) is 7.11 Å². The number of carbonyl (C=O) groups is 1. The molecule has 0 N–H and O–H groups in total. The molecule has 0 saturated heterocycles. The molecule has 3 nitrogen and oxygen atoms in total. The van der Waals surface area contributed by atoms with Crippen molar-refractivity contribution in [2.24, 2.45) is 0 Å². The number of rotatable bonds is 0. The number of fused-ring (bicyclic) bond motifs is 1. The van der Waals surface area contributed by atoms with Crippen LogP contribution in [-0.2, 0) is 17.8 Å². The minimum absolute atomic E-state index is 0. The predicted octanol–water partition coefficient (Wildman–Crippen LogP) is -1.43. The molecular formula is C10H10NO2Rb. The van der Waals surface area contributed by atoms with Crippen molar-refractivity contribution < 1.29 is 67.7 Å². The molecular weight excluding hydrogens is 252 g/mol. The first kappa shape index (κ1) is 12.4. The van der Waals surface area contributed by atoms with Gasteiger partial charge in [0.1, 0.15) is 0 Å². The molecule has 1 amide bonds. The van der Waals surface area contributed by atoms with Gasteiger partial charge in [0, 0.05) is 13.1 Å². The van der Waals surface area contributed by atoms with E-state index in [-0.39, 0.29) is 64.3 Å². The minimum atomic E-state index is -0.274. The Morgan fingerprint density at radius 3 is 3.00 bits per heavy atom. The first-order valence-electron chi connectivity index (χ1n) is 4.12. The SMILES string of the molecule is COC(=O)N1Cc2[c-]cccc2C1.[Rb+]. The molecule has 0 radical (unpaired) electrons. The molecule has 1 aliphatic heterocycles. The van der Waals surface area contributed by atoms with Gasteiger partial charge in [0.2, 0.25) is 0 Å². The molecule has 0 saturated carbocycles. The summed E-state index contributed by atoms with van der Waals surface area (Å²) in [5.74, 6) is 0. The van der Waals surface area contributed by atoms with Crippen LogP contribution in [0.1, 0.15) is 11.1 Å². The molecule has 68 valence electrons. The zero-order chi connectivity index (χ0) is 9.26. The molecule has 0 spiro atoms. The Balaban J connectivity index is 0.000000980. The van der Waals surface area contributed by atoms with Gasteiger partial charge >= 0.3 is 64.3 Å². The van der Waals surface area contributed by atoms with Gasteiger partial charge in [-0.25, -0.2) is 4.79 Å². The standard InChI is InChI=1S/C10H10NO2.Rb/c1-13-10(12)11-6-8-4-2-3-5-9(8)7-11;/h2-4H,6-7H2,1H3;/q-1;+1. The fourth-order valence-electron chi connectivity index (χ4n) is 1.51. The van der Waals surface area contributed by atoms with Crippen LogP contribution in [0.4, 0.5) is 4.79 Å². The third kappa shape index (κ3) is 2.45. The molecule has 2 rings (SSSR count). The second-order valence-corrected chi connectivity index (χ2v) is 3.00. The molecule has 0 atom stereocenters. The number of carbonyl (C=O) groups excluding carboxylic acids is 1. The molecule has 14 heavy (non-hydrogen) atoms. The van der Waals surface area contributed by atoms with E-state index in [1.54, 1.807) is 4.90 Å². The van der Waals surface area contributed by atoms with Gasteiger partial charge in [-0.1, -0.05) is 0 Å². The number of amides is 1. The number of benzene rings is 1. The molecule has 4 heteroatoms. The number of hydrogen-bond acceptors (Lipinski definition) is 2. The van der Waals surface area contributed by atoms with Gasteiger partial charge in [0.15, 0.2) is 0 Å². The van der Waals surface area contributed by atoms with Crippen LogP contribution in [0.3, 0.4) is 0 Å². The summed E-state index contributed by atoms with van der Waals surface area (Å²) in [6, 6.07) is 8.91.